The van der Waals surface area contributed by atoms with Gasteiger partial charge in [-0.15, -0.1) is 0 Å². The highest BCUT2D eigenvalue weighted by atomic mass is 32.2. The fourth-order valence-electron chi connectivity index (χ4n) is 2.55. The fraction of sp³-hybridized carbons (Fsp3) is 1.00. The van der Waals surface area contributed by atoms with Gasteiger partial charge in [0.25, 0.3) is 0 Å². The van der Waals surface area contributed by atoms with Crippen molar-refractivity contribution in [3.05, 3.63) is 0 Å². The Kier molecular flexibility index (Phi) is 2.60. The van der Waals surface area contributed by atoms with E-state index >= 15 is 0 Å². The molecule has 1 aliphatic carbocycles. The molecule has 14 heavy (non-hydrogen) atoms. The van der Waals surface area contributed by atoms with Crippen molar-refractivity contribution in [3.63, 3.8) is 0 Å². The predicted octanol–water partition coefficient (Wildman–Crippen LogP) is 1.10. The van der Waals surface area contributed by atoms with Crippen molar-refractivity contribution >= 4 is 9.84 Å². The molecule has 0 radical (unpaired) electrons. The Labute approximate surface area is 86.2 Å². The molecule has 0 bridgehead atoms. The van der Waals surface area contributed by atoms with Gasteiger partial charge in [-0.05, 0) is 32.1 Å². The first-order chi connectivity index (χ1) is 6.55. The zero-order valence-electron chi connectivity index (χ0n) is 8.75. The molecule has 0 amide bonds. The summed E-state index contributed by atoms with van der Waals surface area (Å²) in [6.45, 7) is 2.19. The molecular formula is C10H19NO2S. The number of hydrogen-bond acceptors (Lipinski definition) is 3. The molecule has 0 aromatic rings. The Balaban J connectivity index is 1.92. The molecule has 3 nitrogen and oxygen atoms in total. The van der Waals surface area contributed by atoms with Crippen molar-refractivity contribution in [2.45, 2.75) is 50.6 Å². The van der Waals surface area contributed by atoms with Gasteiger partial charge in [0.2, 0.25) is 0 Å². The van der Waals surface area contributed by atoms with E-state index in [0.717, 1.165) is 12.8 Å². The third kappa shape index (κ3) is 1.96. The van der Waals surface area contributed by atoms with Gasteiger partial charge in [-0.3, -0.25) is 0 Å². The van der Waals surface area contributed by atoms with Crippen LogP contribution >= 0.6 is 0 Å². The summed E-state index contributed by atoms with van der Waals surface area (Å²) >= 11 is 0. The predicted molar refractivity (Wildman–Crippen MR) is 57.1 cm³/mol. The van der Waals surface area contributed by atoms with Crippen LogP contribution in [-0.4, -0.2) is 31.5 Å². The summed E-state index contributed by atoms with van der Waals surface area (Å²) < 4.78 is 22.6. The van der Waals surface area contributed by atoms with E-state index in [4.69, 9.17) is 0 Å². The molecule has 0 spiro atoms. The number of hydrogen-bond donors (Lipinski definition) is 1. The SMILES string of the molecule is CCC1(NC2CCS(=O)(=O)C2)CCC1. The molecule has 82 valence electrons. The quantitative estimate of drug-likeness (QED) is 0.770. The van der Waals surface area contributed by atoms with E-state index in [2.05, 4.69) is 12.2 Å². The average Bonchev–Trinajstić information content (AvgIpc) is 2.38. The molecule has 0 aromatic heterocycles. The highest BCUT2D eigenvalue weighted by Crippen LogP contribution is 2.35. The van der Waals surface area contributed by atoms with Crippen molar-refractivity contribution < 1.29 is 8.42 Å². The topological polar surface area (TPSA) is 46.2 Å². The molecule has 1 atom stereocenters. The molecule has 1 N–H and O–H groups in total. The second-order valence-corrected chi connectivity index (χ2v) is 6.96. The van der Waals surface area contributed by atoms with Gasteiger partial charge in [0.05, 0.1) is 11.5 Å². The van der Waals surface area contributed by atoms with Gasteiger partial charge in [-0.2, -0.15) is 0 Å². The third-order valence-corrected chi connectivity index (χ3v) is 5.50. The summed E-state index contributed by atoms with van der Waals surface area (Å²) in [5.41, 5.74) is 0.282. The van der Waals surface area contributed by atoms with E-state index in [1.807, 2.05) is 0 Å². The van der Waals surface area contributed by atoms with Crippen LogP contribution in [0.4, 0.5) is 0 Å². The maximum Gasteiger partial charge on any atom is 0.151 e. The lowest BCUT2D eigenvalue weighted by molar-refractivity contribution is 0.161. The van der Waals surface area contributed by atoms with Gasteiger partial charge in [-0.1, -0.05) is 6.92 Å². The molecule has 1 aliphatic heterocycles. The van der Waals surface area contributed by atoms with Crippen LogP contribution in [0.15, 0.2) is 0 Å². The van der Waals surface area contributed by atoms with Gasteiger partial charge >= 0.3 is 0 Å². The first-order valence-electron chi connectivity index (χ1n) is 5.53. The number of rotatable bonds is 3. The number of nitrogens with one attached hydrogen (secondary N) is 1. The molecular weight excluding hydrogens is 198 g/mol. The lowest BCUT2D eigenvalue weighted by Crippen LogP contribution is -2.54. The Hall–Kier alpha value is -0.0900. The molecule has 2 aliphatic rings. The average molecular weight is 217 g/mol. The first-order valence-corrected chi connectivity index (χ1v) is 7.35. The highest BCUT2D eigenvalue weighted by Gasteiger charge is 2.39. The molecule has 1 heterocycles. The summed E-state index contributed by atoms with van der Waals surface area (Å²) in [6, 6.07) is 0.222. The van der Waals surface area contributed by atoms with Crippen LogP contribution in [-0.2, 0) is 9.84 Å². The maximum absolute atomic E-state index is 11.3. The summed E-state index contributed by atoms with van der Waals surface area (Å²) in [5.74, 6) is 0.735. The van der Waals surface area contributed by atoms with Crippen molar-refractivity contribution in [3.8, 4) is 0 Å². The van der Waals surface area contributed by atoms with E-state index in [0.29, 0.717) is 11.5 Å². The van der Waals surface area contributed by atoms with Gasteiger partial charge in [0.15, 0.2) is 9.84 Å². The van der Waals surface area contributed by atoms with Crippen LogP contribution < -0.4 is 5.32 Å². The second kappa shape index (κ2) is 3.49. The summed E-state index contributed by atoms with van der Waals surface area (Å²) in [7, 11) is -2.72. The molecule has 1 saturated carbocycles. The minimum absolute atomic E-state index is 0.222. The Morgan fingerprint density at radius 3 is 2.50 bits per heavy atom. The zero-order chi connectivity index (χ0) is 10.2. The molecule has 2 fully saturated rings. The van der Waals surface area contributed by atoms with Crippen LogP contribution in [0.2, 0.25) is 0 Å². The Morgan fingerprint density at radius 2 is 2.14 bits per heavy atom. The number of sulfone groups is 1. The van der Waals surface area contributed by atoms with Crippen molar-refractivity contribution in [2.75, 3.05) is 11.5 Å². The van der Waals surface area contributed by atoms with E-state index in [9.17, 15) is 8.42 Å². The van der Waals surface area contributed by atoms with Crippen molar-refractivity contribution in [2.24, 2.45) is 0 Å². The molecule has 1 saturated heterocycles. The van der Waals surface area contributed by atoms with Crippen LogP contribution in [0.3, 0.4) is 0 Å². The Morgan fingerprint density at radius 1 is 1.43 bits per heavy atom. The lowest BCUT2D eigenvalue weighted by Gasteiger charge is -2.44. The van der Waals surface area contributed by atoms with Gasteiger partial charge in [0.1, 0.15) is 0 Å². The van der Waals surface area contributed by atoms with E-state index in [1.165, 1.54) is 19.3 Å². The summed E-state index contributed by atoms with van der Waals surface area (Å²) in [5, 5.41) is 3.55. The van der Waals surface area contributed by atoms with Crippen molar-refractivity contribution in [1.82, 2.24) is 5.32 Å². The van der Waals surface area contributed by atoms with Gasteiger partial charge in [0, 0.05) is 11.6 Å². The lowest BCUT2D eigenvalue weighted by atomic mass is 9.74. The monoisotopic (exact) mass is 217 g/mol. The van der Waals surface area contributed by atoms with E-state index in [1.54, 1.807) is 0 Å². The Bertz CT molecular complexity index is 301. The molecule has 2 rings (SSSR count). The normalized spacial score (nSPS) is 33.9. The van der Waals surface area contributed by atoms with Crippen LogP contribution in [0.25, 0.3) is 0 Å². The molecule has 0 aromatic carbocycles. The standard InChI is InChI=1S/C10H19NO2S/c1-2-10(5-3-6-10)11-9-4-7-14(12,13)8-9/h9,11H,2-8H2,1H3. The van der Waals surface area contributed by atoms with Crippen molar-refractivity contribution in [1.29, 1.82) is 0 Å². The molecule has 4 heteroatoms. The minimum Gasteiger partial charge on any atom is -0.307 e. The van der Waals surface area contributed by atoms with E-state index in [-0.39, 0.29) is 11.6 Å². The zero-order valence-corrected chi connectivity index (χ0v) is 9.57. The minimum atomic E-state index is -2.72. The van der Waals surface area contributed by atoms with Gasteiger partial charge in [-0.25, -0.2) is 8.42 Å². The smallest absolute Gasteiger partial charge is 0.151 e. The molecule has 1 unspecified atom stereocenters. The summed E-state index contributed by atoms with van der Waals surface area (Å²) in [4.78, 5) is 0. The second-order valence-electron chi connectivity index (χ2n) is 4.73. The van der Waals surface area contributed by atoms with Crippen LogP contribution in [0, 0.1) is 0 Å². The third-order valence-electron chi connectivity index (χ3n) is 3.73. The van der Waals surface area contributed by atoms with Gasteiger partial charge < -0.3 is 5.32 Å². The highest BCUT2D eigenvalue weighted by molar-refractivity contribution is 7.91. The first kappa shape index (κ1) is 10.4. The summed E-state index contributed by atoms with van der Waals surface area (Å²) in [6.07, 6.45) is 5.67. The van der Waals surface area contributed by atoms with E-state index < -0.39 is 9.84 Å². The van der Waals surface area contributed by atoms with Crippen LogP contribution in [0.1, 0.15) is 39.0 Å². The largest absolute Gasteiger partial charge is 0.307 e. The maximum atomic E-state index is 11.3. The fourth-order valence-corrected chi connectivity index (χ4v) is 4.22. The van der Waals surface area contributed by atoms with Crippen LogP contribution in [0.5, 0.6) is 0 Å².